The van der Waals surface area contributed by atoms with Crippen molar-refractivity contribution in [1.82, 2.24) is 15.2 Å². The van der Waals surface area contributed by atoms with Gasteiger partial charge in [-0.2, -0.15) is 0 Å². The van der Waals surface area contributed by atoms with E-state index in [9.17, 15) is 9.59 Å². The molecule has 1 unspecified atom stereocenters. The summed E-state index contributed by atoms with van der Waals surface area (Å²) < 4.78 is 5.02. The van der Waals surface area contributed by atoms with Gasteiger partial charge < -0.3 is 19.9 Å². The maximum atomic E-state index is 12.0. The van der Waals surface area contributed by atoms with Gasteiger partial charge in [-0.1, -0.05) is 6.92 Å². The number of ether oxygens (including phenoxy) is 1. The minimum atomic E-state index is -0.257. The maximum Gasteiger partial charge on any atom is 0.409 e. The summed E-state index contributed by atoms with van der Waals surface area (Å²) in [6, 6.07) is 3.78. The molecular weight excluding hydrogens is 308 g/mol. The number of aromatic nitrogens is 1. The monoisotopic (exact) mass is 334 g/mol. The Labute approximate surface area is 143 Å². The minimum absolute atomic E-state index is 0.134. The second-order valence-corrected chi connectivity index (χ2v) is 5.86. The summed E-state index contributed by atoms with van der Waals surface area (Å²) in [5.41, 5.74) is 1.38. The Kier molecular flexibility index (Phi) is 6.40. The summed E-state index contributed by atoms with van der Waals surface area (Å²) in [5.74, 6) is -0.150. The van der Waals surface area contributed by atoms with Crippen LogP contribution in [0.2, 0.25) is 0 Å². The molecule has 1 aromatic heterocycles. The van der Waals surface area contributed by atoms with Crippen LogP contribution in [-0.2, 0) is 4.74 Å². The van der Waals surface area contributed by atoms with Crippen molar-refractivity contribution >= 4 is 17.7 Å². The van der Waals surface area contributed by atoms with Crippen LogP contribution in [0.25, 0.3) is 0 Å². The number of anilines is 1. The molecule has 2 heterocycles. The van der Waals surface area contributed by atoms with Crippen molar-refractivity contribution in [2.45, 2.75) is 33.2 Å². The lowest BCUT2D eigenvalue weighted by Crippen LogP contribution is -2.49. The first kappa shape index (κ1) is 18.0. The van der Waals surface area contributed by atoms with Crippen molar-refractivity contribution in [3.05, 3.63) is 24.0 Å². The number of carbonyl (C=O) groups excluding carboxylic acids is 2. The molecule has 1 fully saturated rings. The number of pyridine rings is 1. The van der Waals surface area contributed by atoms with E-state index in [-0.39, 0.29) is 18.0 Å². The Bertz CT molecular complexity index is 553. The van der Waals surface area contributed by atoms with E-state index in [0.29, 0.717) is 25.4 Å². The molecule has 24 heavy (non-hydrogen) atoms. The normalized spacial score (nSPS) is 15.8. The highest BCUT2D eigenvalue weighted by molar-refractivity contribution is 5.92. The third kappa shape index (κ3) is 4.59. The summed E-state index contributed by atoms with van der Waals surface area (Å²) in [7, 11) is 0. The summed E-state index contributed by atoms with van der Waals surface area (Å²) in [6.45, 7) is 8.87. The smallest absolute Gasteiger partial charge is 0.409 e. The molecule has 1 atom stereocenters. The van der Waals surface area contributed by atoms with Gasteiger partial charge in [0, 0.05) is 32.2 Å². The fraction of sp³-hybridized carbons (Fsp3) is 0.588. The van der Waals surface area contributed by atoms with Crippen LogP contribution in [0, 0.1) is 0 Å². The number of piperazine rings is 1. The van der Waals surface area contributed by atoms with E-state index in [1.54, 1.807) is 24.1 Å². The molecule has 7 nitrogen and oxygen atoms in total. The van der Waals surface area contributed by atoms with Crippen LogP contribution in [-0.4, -0.2) is 60.7 Å². The lowest BCUT2D eigenvalue weighted by Gasteiger charge is -2.35. The highest BCUT2D eigenvalue weighted by Gasteiger charge is 2.22. The summed E-state index contributed by atoms with van der Waals surface area (Å²) in [5, 5.41) is 2.90. The molecule has 2 amide bonds. The lowest BCUT2D eigenvalue weighted by molar-refractivity contribution is 0.0933. The SMILES string of the molecule is CCOC(=O)N1CCN(c2ccc(C(=O)NC(C)CC)nc2)CC1. The fourth-order valence-corrected chi connectivity index (χ4v) is 2.47. The zero-order valence-electron chi connectivity index (χ0n) is 14.6. The van der Waals surface area contributed by atoms with Crippen LogP contribution in [0.15, 0.2) is 18.3 Å². The summed E-state index contributed by atoms with van der Waals surface area (Å²) in [6.07, 6.45) is 2.34. The molecule has 0 aliphatic carbocycles. The van der Waals surface area contributed by atoms with E-state index < -0.39 is 0 Å². The highest BCUT2D eigenvalue weighted by Crippen LogP contribution is 2.16. The van der Waals surface area contributed by atoms with E-state index >= 15 is 0 Å². The third-order valence-corrected chi connectivity index (χ3v) is 4.14. The van der Waals surface area contributed by atoms with Gasteiger partial charge in [0.05, 0.1) is 18.5 Å². The fourth-order valence-electron chi connectivity index (χ4n) is 2.47. The van der Waals surface area contributed by atoms with Crippen molar-refractivity contribution in [3.8, 4) is 0 Å². The lowest BCUT2D eigenvalue weighted by atomic mass is 10.2. The van der Waals surface area contributed by atoms with E-state index in [0.717, 1.165) is 25.2 Å². The van der Waals surface area contributed by atoms with E-state index in [4.69, 9.17) is 4.74 Å². The molecule has 0 radical (unpaired) electrons. The van der Waals surface area contributed by atoms with Crippen molar-refractivity contribution in [2.24, 2.45) is 0 Å². The van der Waals surface area contributed by atoms with Gasteiger partial charge in [0.1, 0.15) is 5.69 Å². The molecule has 1 aliphatic heterocycles. The average molecular weight is 334 g/mol. The minimum Gasteiger partial charge on any atom is -0.450 e. The van der Waals surface area contributed by atoms with Crippen LogP contribution in [0.5, 0.6) is 0 Å². The molecule has 1 saturated heterocycles. The number of hydrogen-bond donors (Lipinski definition) is 1. The zero-order valence-corrected chi connectivity index (χ0v) is 14.6. The topological polar surface area (TPSA) is 74.8 Å². The largest absolute Gasteiger partial charge is 0.450 e. The molecule has 0 aromatic carbocycles. The number of carbonyl (C=O) groups is 2. The molecule has 2 rings (SSSR count). The maximum absolute atomic E-state index is 12.0. The predicted molar refractivity (Wildman–Crippen MR) is 92.3 cm³/mol. The van der Waals surface area contributed by atoms with Gasteiger partial charge >= 0.3 is 6.09 Å². The van der Waals surface area contributed by atoms with Gasteiger partial charge in [-0.3, -0.25) is 4.79 Å². The second-order valence-electron chi connectivity index (χ2n) is 5.86. The van der Waals surface area contributed by atoms with Crippen molar-refractivity contribution in [1.29, 1.82) is 0 Å². The van der Waals surface area contributed by atoms with Gasteiger partial charge in [0.25, 0.3) is 5.91 Å². The number of rotatable bonds is 5. The molecule has 132 valence electrons. The Morgan fingerprint density at radius 2 is 1.96 bits per heavy atom. The van der Waals surface area contributed by atoms with Crippen LogP contribution in [0.4, 0.5) is 10.5 Å². The van der Waals surface area contributed by atoms with E-state index in [2.05, 4.69) is 15.2 Å². The first-order valence-corrected chi connectivity index (χ1v) is 8.48. The van der Waals surface area contributed by atoms with Gasteiger partial charge in [0.2, 0.25) is 0 Å². The van der Waals surface area contributed by atoms with Crippen molar-refractivity contribution in [3.63, 3.8) is 0 Å². The quantitative estimate of drug-likeness (QED) is 0.890. The second kappa shape index (κ2) is 8.52. The van der Waals surface area contributed by atoms with Crippen LogP contribution in [0.3, 0.4) is 0 Å². The highest BCUT2D eigenvalue weighted by atomic mass is 16.6. The van der Waals surface area contributed by atoms with Crippen LogP contribution >= 0.6 is 0 Å². The molecule has 0 bridgehead atoms. The summed E-state index contributed by atoms with van der Waals surface area (Å²) in [4.78, 5) is 31.9. The first-order chi connectivity index (χ1) is 11.5. The molecular formula is C17H26N4O3. The molecule has 1 N–H and O–H groups in total. The number of nitrogens with one attached hydrogen (secondary N) is 1. The number of amides is 2. The van der Waals surface area contributed by atoms with E-state index in [1.165, 1.54) is 0 Å². The Morgan fingerprint density at radius 3 is 2.50 bits per heavy atom. The van der Waals surface area contributed by atoms with Gasteiger partial charge in [0.15, 0.2) is 0 Å². The Morgan fingerprint density at radius 1 is 1.25 bits per heavy atom. The number of nitrogens with zero attached hydrogens (tertiary/aromatic N) is 3. The van der Waals surface area contributed by atoms with Gasteiger partial charge in [-0.05, 0) is 32.4 Å². The Hall–Kier alpha value is -2.31. The molecule has 0 spiro atoms. The summed E-state index contributed by atoms with van der Waals surface area (Å²) >= 11 is 0. The van der Waals surface area contributed by atoms with Crippen molar-refractivity contribution < 1.29 is 14.3 Å². The molecule has 7 heteroatoms. The molecule has 1 aliphatic rings. The van der Waals surface area contributed by atoms with Crippen molar-refractivity contribution in [2.75, 3.05) is 37.7 Å². The number of hydrogen-bond acceptors (Lipinski definition) is 5. The van der Waals surface area contributed by atoms with E-state index in [1.807, 2.05) is 19.9 Å². The van der Waals surface area contributed by atoms with Gasteiger partial charge in [-0.25, -0.2) is 9.78 Å². The molecule has 1 aromatic rings. The van der Waals surface area contributed by atoms with Crippen LogP contribution in [0.1, 0.15) is 37.7 Å². The van der Waals surface area contributed by atoms with Crippen LogP contribution < -0.4 is 10.2 Å². The first-order valence-electron chi connectivity index (χ1n) is 8.48. The third-order valence-electron chi connectivity index (χ3n) is 4.14. The zero-order chi connectivity index (χ0) is 17.5. The average Bonchev–Trinajstić information content (AvgIpc) is 2.62. The molecule has 0 saturated carbocycles. The standard InChI is InChI=1S/C17H26N4O3/c1-4-13(3)19-16(22)15-7-6-14(12-18-15)20-8-10-21(11-9-20)17(23)24-5-2/h6-7,12-13H,4-5,8-11H2,1-3H3,(H,19,22). The predicted octanol–water partition coefficient (Wildman–Crippen LogP) is 1.89. The Balaban J connectivity index is 1.90. The van der Waals surface area contributed by atoms with Gasteiger partial charge in [-0.15, -0.1) is 0 Å².